The average molecular weight is 392 g/mol. The minimum atomic E-state index is -0.525. The van der Waals surface area contributed by atoms with Gasteiger partial charge in [-0.25, -0.2) is 4.39 Å². The highest BCUT2D eigenvalue weighted by Gasteiger charge is 2.22. The Bertz CT molecular complexity index is 688. The Balaban J connectivity index is 2.62. The Kier molecular flexibility index (Phi) is 5.18. The lowest BCUT2D eigenvalue weighted by Gasteiger charge is -2.20. The third kappa shape index (κ3) is 3.20. The monoisotopic (exact) mass is 390 g/mol. The quantitative estimate of drug-likeness (QED) is 0.566. The molecule has 1 atom stereocenters. The Labute approximate surface area is 142 Å². The van der Waals surface area contributed by atoms with Crippen molar-refractivity contribution < 1.29 is 9.13 Å². The molecular formula is C16H14BrCl2FO. The van der Waals surface area contributed by atoms with Crippen LogP contribution in [0.2, 0.25) is 5.02 Å². The SMILES string of the molecule is COc1c(C)cc(Br)c(C)c1C(Cl)c1ccc(Cl)c(F)c1. The van der Waals surface area contributed by atoms with Gasteiger partial charge in [-0.2, -0.15) is 0 Å². The maximum atomic E-state index is 13.7. The summed E-state index contributed by atoms with van der Waals surface area (Å²) < 4.78 is 20.1. The molecule has 5 heteroatoms. The third-order valence-electron chi connectivity index (χ3n) is 3.40. The van der Waals surface area contributed by atoms with Gasteiger partial charge in [-0.1, -0.05) is 33.6 Å². The molecule has 0 N–H and O–H groups in total. The van der Waals surface area contributed by atoms with Crippen LogP contribution in [0.5, 0.6) is 5.75 Å². The van der Waals surface area contributed by atoms with E-state index in [2.05, 4.69) is 15.9 Å². The lowest BCUT2D eigenvalue weighted by atomic mass is 9.96. The standard InChI is InChI=1S/C16H14BrCl2FO/c1-8-6-11(17)9(2)14(16(8)21-3)15(19)10-4-5-12(18)13(20)7-10/h4-7,15H,1-3H3. The summed E-state index contributed by atoms with van der Waals surface area (Å²) in [6.07, 6.45) is 0. The van der Waals surface area contributed by atoms with E-state index in [4.69, 9.17) is 27.9 Å². The lowest BCUT2D eigenvalue weighted by molar-refractivity contribution is 0.406. The number of hydrogen-bond acceptors (Lipinski definition) is 1. The minimum absolute atomic E-state index is 0.0803. The van der Waals surface area contributed by atoms with Gasteiger partial charge < -0.3 is 4.74 Å². The number of alkyl halides is 1. The van der Waals surface area contributed by atoms with Crippen LogP contribution < -0.4 is 4.74 Å². The van der Waals surface area contributed by atoms with Crippen LogP contribution in [0.25, 0.3) is 0 Å². The predicted molar refractivity (Wildman–Crippen MR) is 89.3 cm³/mol. The topological polar surface area (TPSA) is 9.23 Å². The Hall–Kier alpha value is -0.770. The Morgan fingerprint density at radius 2 is 1.90 bits per heavy atom. The molecule has 0 amide bonds. The van der Waals surface area contributed by atoms with Gasteiger partial charge in [0.15, 0.2) is 0 Å². The van der Waals surface area contributed by atoms with Crippen molar-refractivity contribution in [3.63, 3.8) is 0 Å². The summed E-state index contributed by atoms with van der Waals surface area (Å²) in [5.74, 6) is 0.231. The number of rotatable bonds is 3. The second-order valence-electron chi connectivity index (χ2n) is 4.78. The average Bonchev–Trinajstić information content (AvgIpc) is 2.44. The van der Waals surface area contributed by atoms with E-state index in [1.54, 1.807) is 13.2 Å². The van der Waals surface area contributed by atoms with Gasteiger partial charge in [-0.15, -0.1) is 11.6 Å². The Morgan fingerprint density at radius 3 is 2.48 bits per heavy atom. The maximum absolute atomic E-state index is 13.7. The molecule has 0 spiro atoms. The van der Waals surface area contributed by atoms with Gasteiger partial charge in [0.05, 0.1) is 17.5 Å². The van der Waals surface area contributed by atoms with Crippen molar-refractivity contribution in [3.8, 4) is 5.75 Å². The molecule has 1 unspecified atom stereocenters. The smallest absolute Gasteiger partial charge is 0.142 e. The van der Waals surface area contributed by atoms with Crippen LogP contribution in [0.3, 0.4) is 0 Å². The van der Waals surface area contributed by atoms with E-state index >= 15 is 0 Å². The molecular weight excluding hydrogens is 378 g/mol. The number of ether oxygens (including phenoxy) is 1. The summed E-state index contributed by atoms with van der Waals surface area (Å²) in [5, 5.41) is -0.445. The molecule has 1 nitrogen and oxygen atoms in total. The highest BCUT2D eigenvalue weighted by Crippen LogP contribution is 2.42. The first kappa shape index (κ1) is 16.6. The first-order valence-corrected chi connectivity index (χ1v) is 7.90. The zero-order chi connectivity index (χ0) is 15.7. The molecule has 21 heavy (non-hydrogen) atoms. The normalized spacial score (nSPS) is 12.3. The summed E-state index contributed by atoms with van der Waals surface area (Å²) >= 11 is 15.8. The van der Waals surface area contributed by atoms with Crippen LogP contribution in [-0.4, -0.2) is 7.11 Å². The molecule has 0 heterocycles. The molecule has 2 aromatic rings. The zero-order valence-electron chi connectivity index (χ0n) is 11.8. The molecule has 0 aliphatic carbocycles. The number of methoxy groups -OCH3 is 1. The second-order valence-corrected chi connectivity index (χ2v) is 6.48. The van der Waals surface area contributed by atoms with Crippen LogP contribution in [0.4, 0.5) is 4.39 Å². The minimum Gasteiger partial charge on any atom is -0.496 e. The van der Waals surface area contributed by atoms with Gasteiger partial charge in [-0.3, -0.25) is 0 Å². The van der Waals surface area contributed by atoms with E-state index in [1.165, 1.54) is 12.1 Å². The van der Waals surface area contributed by atoms with Gasteiger partial charge in [0, 0.05) is 10.0 Å². The molecule has 0 aromatic heterocycles. The summed E-state index contributed by atoms with van der Waals surface area (Å²) in [7, 11) is 1.60. The van der Waals surface area contributed by atoms with Gasteiger partial charge >= 0.3 is 0 Å². The van der Waals surface area contributed by atoms with Crippen molar-refractivity contribution in [2.75, 3.05) is 7.11 Å². The van der Waals surface area contributed by atoms with Crippen molar-refractivity contribution in [2.45, 2.75) is 19.2 Å². The third-order valence-corrected chi connectivity index (χ3v) is 5.00. The van der Waals surface area contributed by atoms with Crippen LogP contribution in [0.1, 0.15) is 27.6 Å². The van der Waals surface area contributed by atoms with Crippen LogP contribution in [0, 0.1) is 19.7 Å². The largest absolute Gasteiger partial charge is 0.496 e. The summed E-state index contributed by atoms with van der Waals surface area (Å²) in [4.78, 5) is 0. The number of aryl methyl sites for hydroxylation is 1. The van der Waals surface area contributed by atoms with Crippen LogP contribution in [0.15, 0.2) is 28.7 Å². The first-order valence-electron chi connectivity index (χ1n) is 6.29. The van der Waals surface area contributed by atoms with Gasteiger partial charge in [0.2, 0.25) is 0 Å². The fourth-order valence-electron chi connectivity index (χ4n) is 2.29. The van der Waals surface area contributed by atoms with Gasteiger partial charge in [-0.05, 0) is 48.7 Å². The lowest BCUT2D eigenvalue weighted by Crippen LogP contribution is -2.03. The zero-order valence-corrected chi connectivity index (χ0v) is 14.9. The number of benzene rings is 2. The van der Waals surface area contributed by atoms with Crippen molar-refractivity contribution in [2.24, 2.45) is 0 Å². The van der Waals surface area contributed by atoms with Gasteiger partial charge in [0.1, 0.15) is 11.6 Å². The molecule has 2 aromatic carbocycles. The molecule has 0 aliphatic rings. The van der Waals surface area contributed by atoms with Crippen molar-refractivity contribution >= 4 is 39.1 Å². The molecule has 0 saturated heterocycles. The molecule has 0 bridgehead atoms. The molecule has 0 aliphatic heterocycles. The predicted octanol–water partition coefficient (Wildman–Crippen LogP) is 6.20. The fraction of sp³-hybridized carbons (Fsp3) is 0.250. The Morgan fingerprint density at radius 1 is 1.24 bits per heavy atom. The summed E-state index contributed by atoms with van der Waals surface area (Å²) in [5.41, 5.74) is 3.39. The molecule has 112 valence electrons. The van der Waals surface area contributed by atoms with E-state index in [-0.39, 0.29) is 5.02 Å². The summed E-state index contributed by atoms with van der Waals surface area (Å²) in [6.45, 7) is 3.89. The number of halogens is 4. The van der Waals surface area contributed by atoms with Crippen LogP contribution >= 0.6 is 39.1 Å². The van der Waals surface area contributed by atoms with Gasteiger partial charge in [0.25, 0.3) is 0 Å². The molecule has 0 saturated carbocycles. The number of hydrogen-bond donors (Lipinski definition) is 0. The molecule has 0 fully saturated rings. The highest BCUT2D eigenvalue weighted by atomic mass is 79.9. The van der Waals surface area contributed by atoms with Crippen molar-refractivity contribution in [1.82, 2.24) is 0 Å². The maximum Gasteiger partial charge on any atom is 0.142 e. The van der Waals surface area contributed by atoms with E-state index in [1.807, 2.05) is 19.9 Å². The van der Waals surface area contributed by atoms with E-state index in [9.17, 15) is 4.39 Å². The van der Waals surface area contributed by atoms with Crippen molar-refractivity contribution in [3.05, 3.63) is 61.8 Å². The van der Waals surface area contributed by atoms with Crippen LogP contribution in [-0.2, 0) is 0 Å². The highest BCUT2D eigenvalue weighted by molar-refractivity contribution is 9.10. The first-order chi connectivity index (χ1) is 9.86. The molecule has 0 radical (unpaired) electrons. The fourth-order valence-corrected chi connectivity index (χ4v) is 3.36. The molecule has 2 rings (SSSR count). The summed E-state index contributed by atoms with van der Waals surface area (Å²) in [6, 6.07) is 6.56. The second kappa shape index (κ2) is 6.55. The van der Waals surface area contributed by atoms with E-state index in [0.29, 0.717) is 11.3 Å². The van der Waals surface area contributed by atoms with E-state index in [0.717, 1.165) is 21.2 Å². The van der Waals surface area contributed by atoms with Crippen molar-refractivity contribution in [1.29, 1.82) is 0 Å². The van der Waals surface area contributed by atoms with E-state index < -0.39 is 11.2 Å².